The first-order valence-corrected chi connectivity index (χ1v) is 17.9. The van der Waals surface area contributed by atoms with Crippen LogP contribution in [0.25, 0.3) is 11.0 Å². The van der Waals surface area contributed by atoms with Gasteiger partial charge in [0.15, 0.2) is 13.2 Å². The van der Waals surface area contributed by atoms with E-state index < -0.39 is 52.1 Å². The number of carbonyl (C=O) groups is 2. The molecule has 0 aliphatic carbocycles. The fourth-order valence-electron chi connectivity index (χ4n) is 4.92. The van der Waals surface area contributed by atoms with Crippen LogP contribution in [-0.4, -0.2) is 64.4 Å². The SMILES string of the molecule is CCc1c(OCC(F)(F)F)ccnc1CS(=O)c1nc2ccccc2n1S(=O)(=O)c1ccc(OCC(=O)NCCCC(=O)[O-])cc1C(C)C.[Na+]. The third kappa shape index (κ3) is 10.3. The number of nitrogens with one attached hydrogen (secondary N) is 1. The first-order valence-electron chi connectivity index (χ1n) is 15.1. The second-order valence-corrected chi connectivity index (χ2v) is 14.2. The summed E-state index contributed by atoms with van der Waals surface area (Å²) >= 11 is 0. The van der Waals surface area contributed by atoms with Crippen molar-refractivity contribution in [2.75, 3.05) is 19.8 Å². The number of nitrogens with zero attached hydrogens (tertiary/aromatic N) is 3. The van der Waals surface area contributed by atoms with E-state index >= 15 is 0 Å². The monoisotopic (exact) mass is 746 g/mol. The summed E-state index contributed by atoms with van der Waals surface area (Å²) in [5.41, 5.74) is 1.21. The van der Waals surface area contributed by atoms with Crippen LogP contribution >= 0.6 is 0 Å². The van der Waals surface area contributed by atoms with Crippen molar-refractivity contribution < 1.29 is 79.5 Å². The molecule has 0 saturated heterocycles. The first-order chi connectivity index (χ1) is 23.1. The van der Waals surface area contributed by atoms with Gasteiger partial charge in [0, 0.05) is 24.3 Å². The first kappa shape index (κ1) is 40.9. The topological polar surface area (TPSA) is 170 Å². The van der Waals surface area contributed by atoms with Crippen LogP contribution in [0.15, 0.2) is 64.8 Å². The molecule has 0 aliphatic rings. The minimum Gasteiger partial charge on any atom is -0.550 e. The number of fused-ring (bicyclic) bond motifs is 1. The maximum absolute atomic E-state index is 14.4. The molecule has 50 heavy (non-hydrogen) atoms. The van der Waals surface area contributed by atoms with E-state index in [0.29, 0.717) is 11.1 Å². The van der Waals surface area contributed by atoms with E-state index in [2.05, 4.69) is 15.3 Å². The molecular formula is C32H34F3N4NaO8S2. The van der Waals surface area contributed by atoms with Gasteiger partial charge in [-0.05, 0) is 67.1 Å². The fraction of sp³-hybridized carbons (Fsp3) is 0.375. The molecule has 0 radical (unpaired) electrons. The molecular weight excluding hydrogens is 712 g/mol. The Morgan fingerprint density at radius 3 is 2.48 bits per heavy atom. The fourth-order valence-corrected chi connectivity index (χ4v) is 8.26. The number of ether oxygens (including phenoxy) is 2. The van der Waals surface area contributed by atoms with Crippen LogP contribution in [0, 0.1) is 0 Å². The number of carbonyl (C=O) groups excluding carboxylic acids is 2. The smallest absolute Gasteiger partial charge is 0.550 e. The van der Waals surface area contributed by atoms with Crippen LogP contribution in [0.3, 0.4) is 0 Å². The molecule has 4 aromatic rings. The number of alkyl halides is 3. The molecule has 1 unspecified atom stereocenters. The van der Waals surface area contributed by atoms with Gasteiger partial charge in [-0.25, -0.2) is 17.4 Å². The van der Waals surface area contributed by atoms with Crippen molar-refractivity contribution in [2.24, 2.45) is 0 Å². The molecule has 0 bridgehead atoms. The van der Waals surface area contributed by atoms with Gasteiger partial charge in [-0.2, -0.15) is 13.2 Å². The Morgan fingerprint density at radius 2 is 1.82 bits per heavy atom. The Labute approximate surface area is 311 Å². The number of halogens is 3. The molecule has 1 N–H and O–H groups in total. The number of amides is 1. The third-order valence-corrected chi connectivity index (χ3v) is 10.3. The Morgan fingerprint density at radius 1 is 1.10 bits per heavy atom. The molecule has 12 nitrogen and oxygen atoms in total. The van der Waals surface area contributed by atoms with Gasteiger partial charge in [0.05, 0.1) is 38.2 Å². The van der Waals surface area contributed by atoms with Gasteiger partial charge < -0.3 is 24.7 Å². The third-order valence-electron chi connectivity index (χ3n) is 7.18. The summed E-state index contributed by atoms with van der Waals surface area (Å²) in [5.74, 6) is -2.31. The minimum absolute atomic E-state index is 0. The number of imidazole rings is 1. The second kappa shape index (κ2) is 17.6. The van der Waals surface area contributed by atoms with Crippen molar-refractivity contribution >= 4 is 43.7 Å². The Hall–Kier alpha value is -3.51. The van der Waals surface area contributed by atoms with Crippen molar-refractivity contribution in [3.8, 4) is 11.5 Å². The van der Waals surface area contributed by atoms with Crippen LogP contribution in [0.4, 0.5) is 13.2 Å². The van der Waals surface area contributed by atoms with Crippen molar-refractivity contribution in [3.63, 3.8) is 0 Å². The number of carboxylic acids is 1. The predicted octanol–water partition coefficient (Wildman–Crippen LogP) is 0.632. The number of aliphatic carboxylic acids is 1. The summed E-state index contributed by atoms with van der Waals surface area (Å²) in [6.07, 6.45) is -3.16. The quantitative estimate of drug-likeness (QED) is 0.127. The van der Waals surface area contributed by atoms with E-state index in [4.69, 9.17) is 9.47 Å². The molecule has 0 spiro atoms. The molecule has 0 aliphatic heterocycles. The summed E-state index contributed by atoms with van der Waals surface area (Å²) in [5, 5.41) is 12.8. The van der Waals surface area contributed by atoms with Gasteiger partial charge in [-0.1, -0.05) is 32.9 Å². The number of carboxylic acid groups (broad SMARTS) is 1. The van der Waals surface area contributed by atoms with Crippen LogP contribution < -0.4 is 49.5 Å². The molecule has 2 heterocycles. The molecule has 4 rings (SSSR count). The molecule has 2 aromatic heterocycles. The summed E-state index contributed by atoms with van der Waals surface area (Å²) in [7, 11) is -6.63. The molecule has 0 saturated carbocycles. The Bertz CT molecular complexity index is 1970. The van der Waals surface area contributed by atoms with E-state index in [1.165, 1.54) is 36.5 Å². The predicted molar refractivity (Wildman–Crippen MR) is 171 cm³/mol. The van der Waals surface area contributed by atoms with E-state index in [0.717, 1.165) is 3.97 Å². The number of aromatic nitrogens is 3. The Balaban J connectivity index is 0.00000676. The van der Waals surface area contributed by atoms with Crippen molar-refractivity contribution in [1.29, 1.82) is 0 Å². The average Bonchev–Trinajstić information content (AvgIpc) is 3.45. The van der Waals surface area contributed by atoms with Gasteiger partial charge in [0.2, 0.25) is 5.16 Å². The van der Waals surface area contributed by atoms with Crippen molar-refractivity contribution in [3.05, 3.63) is 71.5 Å². The molecule has 2 aromatic carbocycles. The van der Waals surface area contributed by atoms with Crippen LogP contribution in [0.5, 0.6) is 11.5 Å². The summed E-state index contributed by atoms with van der Waals surface area (Å²) in [4.78, 5) is 31.2. The summed E-state index contributed by atoms with van der Waals surface area (Å²) < 4.78 is 92.8. The van der Waals surface area contributed by atoms with Gasteiger partial charge in [-0.3, -0.25) is 14.0 Å². The molecule has 0 fully saturated rings. The number of pyridine rings is 1. The molecule has 264 valence electrons. The van der Waals surface area contributed by atoms with Crippen molar-refractivity contribution in [1.82, 2.24) is 19.3 Å². The largest absolute Gasteiger partial charge is 1.00 e. The van der Waals surface area contributed by atoms with Gasteiger partial charge >= 0.3 is 35.7 Å². The van der Waals surface area contributed by atoms with E-state index in [-0.39, 0.29) is 105 Å². The molecule has 1 amide bonds. The number of benzene rings is 2. The van der Waals surface area contributed by atoms with Crippen LogP contribution in [-0.2, 0) is 42.6 Å². The second-order valence-electron chi connectivity index (χ2n) is 11.1. The normalized spacial score (nSPS) is 12.4. The Kier molecular flexibility index (Phi) is 14.4. The maximum atomic E-state index is 14.4. The van der Waals surface area contributed by atoms with Crippen molar-refractivity contribution in [2.45, 2.75) is 67.9 Å². The summed E-state index contributed by atoms with van der Waals surface area (Å²) in [6, 6.07) is 11.8. The zero-order chi connectivity index (χ0) is 35.9. The van der Waals surface area contributed by atoms with E-state index in [9.17, 15) is 40.5 Å². The van der Waals surface area contributed by atoms with Gasteiger partial charge in [0.25, 0.3) is 15.9 Å². The zero-order valence-electron chi connectivity index (χ0n) is 27.8. The average molecular weight is 747 g/mol. The number of para-hydroxylation sites is 2. The summed E-state index contributed by atoms with van der Waals surface area (Å²) in [6.45, 7) is 3.39. The zero-order valence-corrected chi connectivity index (χ0v) is 31.4. The standard InChI is InChI=1S/C32H35F3N4O8S2.Na/c1-4-22-25(36-15-13-27(22)47-19-32(33,34)35)18-48(43)31-38-24-8-5-6-9-26(24)39(31)49(44,45)28-12-11-21(16-23(28)20(2)3)46-17-29(40)37-14-7-10-30(41)42;/h5-6,8-9,11-13,15-16,20H,4,7,10,14,17-19H2,1-3H3,(H,37,40)(H,41,42);/q;+1/p-1. The van der Waals surface area contributed by atoms with Gasteiger partial charge in [-0.15, -0.1) is 0 Å². The van der Waals surface area contributed by atoms with Crippen LogP contribution in [0.1, 0.15) is 56.4 Å². The number of hydrogen-bond acceptors (Lipinski definition) is 10. The van der Waals surface area contributed by atoms with Crippen LogP contribution in [0.2, 0.25) is 0 Å². The van der Waals surface area contributed by atoms with Gasteiger partial charge in [0.1, 0.15) is 11.5 Å². The number of rotatable bonds is 16. The molecule has 18 heteroatoms. The molecule has 1 atom stereocenters. The minimum atomic E-state index is -4.58. The van der Waals surface area contributed by atoms with E-state index in [1.54, 1.807) is 39.0 Å². The number of hydrogen-bond donors (Lipinski definition) is 1. The maximum Gasteiger partial charge on any atom is 1.00 e. The van der Waals surface area contributed by atoms with E-state index in [1.807, 2.05) is 0 Å².